The highest BCUT2D eigenvalue weighted by Crippen LogP contribution is 2.21. The first kappa shape index (κ1) is 24.6. The summed E-state index contributed by atoms with van der Waals surface area (Å²) in [5.74, 6) is 1.69. The molecule has 0 spiro atoms. The lowest BCUT2D eigenvalue weighted by Gasteiger charge is -2.17. The molecule has 3 aromatic rings. The highest BCUT2D eigenvalue weighted by atomic mass is 127. The molecule has 0 fully saturated rings. The molecule has 8 heteroatoms. The van der Waals surface area contributed by atoms with Crippen LogP contribution in [-0.4, -0.2) is 33.4 Å². The highest BCUT2D eigenvalue weighted by Gasteiger charge is 2.07. The normalized spacial score (nSPS) is 11.2. The maximum Gasteiger partial charge on any atom is 0.191 e. The van der Waals surface area contributed by atoms with Crippen LogP contribution in [0, 0.1) is 6.92 Å². The Morgan fingerprint density at radius 3 is 2.55 bits per heavy atom. The first-order valence-corrected chi connectivity index (χ1v) is 10.3. The Labute approximate surface area is 201 Å². The van der Waals surface area contributed by atoms with Crippen molar-refractivity contribution in [1.29, 1.82) is 0 Å². The van der Waals surface area contributed by atoms with E-state index in [4.69, 9.17) is 9.73 Å². The van der Waals surface area contributed by atoms with Gasteiger partial charge in [-0.1, -0.05) is 24.3 Å². The molecule has 0 aliphatic carbocycles. The first-order valence-electron chi connectivity index (χ1n) is 10.3. The third-order valence-corrected chi connectivity index (χ3v) is 4.42. The van der Waals surface area contributed by atoms with Crippen LogP contribution in [0.15, 0.2) is 60.1 Å². The molecule has 0 radical (unpaired) electrons. The van der Waals surface area contributed by atoms with E-state index >= 15 is 0 Å². The van der Waals surface area contributed by atoms with Crippen molar-refractivity contribution in [1.82, 2.24) is 25.4 Å². The van der Waals surface area contributed by atoms with Gasteiger partial charge < -0.3 is 15.4 Å². The lowest BCUT2D eigenvalue weighted by atomic mass is 10.1. The lowest BCUT2D eigenvalue weighted by Crippen LogP contribution is -2.36. The Kier molecular flexibility index (Phi) is 9.77. The van der Waals surface area contributed by atoms with Crippen molar-refractivity contribution in [3.05, 3.63) is 71.8 Å². The number of halogens is 1. The van der Waals surface area contributed by atoms with Crippen molar-refractivity contribution >= 4 is 29.9 Å². The molecule has 2 aromatic carbocycles. The second-order valence-electron chi connectivity index (χ2n) is 7.33. The van der Waals surface area contributed by atoms with Crippen LogP contribution in [0.1, 0.15) is 37.5 Å². The number of rotatable bonds is 8. The molecule has 0 bridgehead atoms. The number of aryl methyl sites for hydroxylation is 1. The van der Waals surface area contributed by atoms with E-state index in [1.165, 1.54) is 11.9 Å². The van der Waals surface area contributed by atoms with Gasteiger partial charge >= 0.3 is 0 Å². The Balaban J connectivity index is 0.00000341. The van der Waals surface area contributed by atoms with Crippen molar-refractivity contribution in [2.24, 2.45) is 4.99 Å². The molecule has 31 heavy (non-hydrogen) atoms. The summed E-state index contributed by atoms with van der Waals surface area (Å²) in [4.78, 5) is 8.70. The van der Waals surface area contributed by atoms with Crippen LogP contribution in [0.2, 0.25) is 0 Å². The van der Waals surface area contributed by atoms with Gasteiger partial charge in [0.05, 0.1) is 18.3 Å². The topological polar surface area (TPSA) is 76.4 Å². The number of aliphatic imine (C=N–C) groups is 1. The van der Waals surface area contributed by atoms with E-state index in [0.29, 0.717) is 13.1 Å². The number of guanidine groups is 1. The van der Waals surface area contributed by atoms with Crippen molar-refractivity contribution in [2.45, 2.75) is 46.9 Å². The molecular weight excluding hydrogens is 503 g/mol. The average molecular weight is 534 g/mol. The second-order valence-corrected chi connectivity index (χ2v) is 7.33. The standard InChI is InChI=1S/C23H30N6O.HI/c1-5-25-23(27-14-20-9-6-18(4)12-22(20)30-17(2)3)26-13-19-7-10-21(11-8-19)29-16-24-15-28-29;/h6-12,15-17H,5,13-14H2,1-4H3,(H2,25,26,27);1H. The number of nitrogens with zero attached hydrogens (tertiary/aromatic N) is 4. The summed E-state index contributed by atoms with van der Waals surface area (Å²) in [6.45, 7) is 10.2. The van der Waals surface area contributed by atoms with Crippen LogP contribution in [0.25, 0.3) is 5.69 Å². The third kappa shape index (κ3) is 7.54. The van der Waals surface area contributed by atoms with Gasteiger partial charge in [0, 0.05) is 18.7 Å². The number of ether oxygens (including phenoxy) is 1. The molecule has 1 heterocycles. The van der Waals surface area contributed by atoms with Gasteiger partial charge in [-0.05, 0) is 57.0 Å². The van der Waals surface area contributed by atoms with Gasteiger partial charge in [0.25, 0.3) is 0 Å². The van der Waals surface area contributed by atoms with Crippen LogP contribution in [-0.2, 0) is 13.1 Å². The van der Waals surface area contributed by atoms with Gasteiger partial charge in [0.15, 0.2) is 5.96 Å². The van der Waals surface area contributed by atoms with Crippen LogP contribution >= 0.6 is 24.0 Å². The quantitative estimate of drug-likeness (QED) is 0.257. The second kappa shape index (κ2) is 12.3. The predicted molar refractivity (Wildman–Crippen MR) is 135 cm³/mol. The summed E-state index contributed by atoms with van der Waals surface area (Å²) in [5.41, 5.74) is 4.39. The van der Waals surface area contributed by atoms with Crippen LogP contribution in [0.5, 0.6) is 5.75 Å². The molecule has 166 valence electrons. The maximum atomic E-state index is 5.98. The van der Waals surface area contributed by atoms with Gasteiger partial charge in [-0.25, -0.2) is 14.7 Å². The summed E-state index contributed by atoms with van der Waals surface area (Å²) in [7, 11) is 0. The van der Waals surface area contributed by atoms with E-state index in [2.05, 4.69) is 64.9 Å². The van der Waals surface area contributed by atoms with Crippen molar-refractivity contribution in [3.8, 4) is 11.4 Å². The Hall–Kier alpha value is -2.62. The van der Waals surface area contributed by atoms with E-state index < -0.39 is 0 Å². The minimum absolute atomic E-state index is 0. The van der Waals surface area contributed by atoms with Gasteiger partial charge in [0.2, 0.25) is 0 Å². The fourth-order valence-corrected chi connectivity index (χ4v) is 2.96. The van der Waals surface area contributed by atoms with E-state index in [1.54, 1.807) is 11.0 Å². The molecule has 3 rings (SSSR count). The Morgan fingerprint density at radius 2 is 1.90 bits per heavy atom. The number of hydrogen-bond donors (Lipinski definition) is 2. The lowest BCUT2D eigenvalue weighted by molar-refractivity contribution is 0.239. The molecule has 7 nitrogen and oxygen atoms in total. The zero-order valence-corrected chi connectivity index (χ0v) is 20.8. The summed E-state index contributed by atoms with van der Waals surface area (Å²) in [6.07, 6.45) is 3.34. The fraction of sp³-hybridized carbons (Fsp3) is 0.348. The number of hydrogen-bond acceptors (Lipinski definition) is 4. The van der Waals surface area contributed by atoms with Crippen LogP contribution < -0.4 is 15.4 Å². The average Bonchev–Trinajstić information content (AvgIpc) is 3.26. The third-order valence-electron chi connectivity index (χ3n) is 4.42. The van der Waals surface area contributed by atoms with Gasteiger partial charge in [-0.15, -0.1) is 24.0 Å². The van der Waals surface area contributed by atoms with Gasteiger partial charge in [-0.3, -0.25) is 0 Å². The number of nitrogens with one attached hydrogen (secondary N) is 2. The summed E-state index contributed by atoms with van der Waals surface area (Å²) < 4.78 is 7.71. The fourth-order valence-electron chi connectivity index (χ4n) is 2.96. The smallest absolute Gasteiger partial charge is 0.191 e. The van der Waals surface area contributed by atoms with Crippen molar-refractivity contribution < 1.29 is 4.74 Å². The highest BCUT2D eigenvalue weighted by molar-refractivity contribution is 14.0. The number of aromatic nitrogens is 3. The first-order chi connectivity index (χ1) is 14.5. The molecule has 0 aliphatic rings. The predicted octanol–water partition coefficient (Wildman–Crippen LogP) is 4.24. The minimum Gasteiger partial charge on any atom is -0.491 e. The van der Waals surface area contributed by atoms with Crippen LogP contribution in [0.3, 0.4) is 0 Å². The summed E-state index contributed by atoms with van der Waals surface area (Å²) >= 11 is 0. The zero-order valence-electron chi connectivity index (χ0n) is 18.5. The molecule has 2 N–H and O–H groups in total. The SMILES string of the molecule is CCNC(=NCc1ccc(-n2cncn2)cc1)NCc1ccc(C)cc1OC(C)C.I. The molecule has 0 amide bonds. The summed E-state index contributed by atoms with van der Waals surface area (Å²) in [6, 6.07) is 14.4. The monoisotopic (exact) mass is 534 g/mol. The molecule has 0 saturated carbocycles. The Morgan fingerprint density at radius 1 is 1.13 bits per heavy atom. The van der Waals surface area contributed by atoms with Crippen LogP contribution in [0.4, 0.5) is 0 Å². The maximum absolute atomic E-state index is 5.98. The van der Waals surface area contributed by atoms with Gasteiger partial charge in [-0.2, -0.15) is 5.10 Å². The van der Waals surface area contributed by atoms with Crippen molar-refractivity contribution in [3.63, 3.8) is 0 Å². The molecule has 0 aliphatic heterocycles. The zero-order chi connectivity index (χ0) is 21.3. The Bertz CT molecular complexity index is 955. The van der Waals surface area contributed by atoms with E-state index in [1.807, 2.05) is 26.0 Å². The molecule has 0 unspecified atom stereocenters. The molecule has 0 atom stereocenters. The van der Waals surface area contributed by atoms with E-state index in [0.717, 1.165) is 35.1 Å². The van der Waals surface area contributed by atoms with Crippen molar-refractivity contribution in [2.75, 3.05) is 6.54 Å². The minimum atomic E-state index is 0. The summed E-state index contributed by atoms with van der Waals surface area (Å²) in [5, 5.41) is 10.9. The molecule has 0 saturated heterocycles. The van der Waals surface area contributed by atoms with E-state index in [9.17, 15) is 0 Å². The molecular formula is C23H31IN6O. The molecule has 1 aromatic heterocycles. The largest absolute Gasteiger partial charge is 0.491 e. The van der Waals surface area contributed by atoms with Gasteiger partial charge in [0.1, 0.15) is 18.4 Å². The van der Waals surface area contributed by atoms with E-state index in [-0.39, 0.29) is 30.1 Å². The number of benzene rings is 2.